The molecule has 1 aliphatic rings. The number of nitrogens with zero attached hydrogens (tertiary/aromatic N) is 1. The van der Waals surface area contributed by atoms with E-state index in [2.05, 4.69) is 5.32 Å². The summed E-state index contributed by atoms with van der Waals surface area (Å²) in [6.45, 7) is 12.6. The normalized spacial score (nSPS) is 17.9. The summed E-state index contributed by atoms with van der Waals surface area (Å²) in [5.41, 5.74) is -1.28. The van der Waals surface area contributed by atoms with Gasteiger partial charge < -0.3 is 14.8 Å². The van der Waals surface area contributed by atoms with E-state index in [0.717, 1.165) is 4.90 Å². The Hall–Kier alpha value is -2.87. The SMILES string of the molecule is CCC1=C[C@](CC(=O)NCCCCl)(c2ccccc2N(C(=O)OC(C)(C)C)C(=O)OC(C)(C)C)CCC1=O. The van der Waals surface area contributed by atoms with Crippen molar-refractivity contribution < 1.29 is 28.7 Å². The molecule has 0 aromatic heterocycles. The number of hydrogen-bond donors (Lipinski definition) is 1. The maximum absolute atomic E-state index is 13.4. The maximum Gasteiger partial charge on any atom is 0.424 e. The molecule has 8 nitrogen and oxygen atoms in total. The van der Waals surface area contributed by atoms with Crippen LogP contribution in [0.3, 0.4) is 0 Å². The van der Waals surface area contributed by atoms with Gasteiger partial charge in [-0.25, -0.2) is 9.59 Å². The van der Waals surface area contributed by atoms with Gasteiger partial charge in [-0.3, -0.25) is 9.59 Å². The van der Waals surface area contributed by atoms with Crippen molar-refractivity contribution >= 4 is 41.2 Å². The topological polar surface area (TPSA) is 102 Å². The van der Waals surface area contributed by atoms with Crippen LogP contribution in [0.1, 0.15) is 86.1 Å². The van der Waals surface area contributed by atoms with E-state index in [0.29, 0.717) is 42.8 Å². The average molecular weight is 549 g/mol. The lowest BCUT2D eigenvalue weighted by atomic mass is 9.68. The average Bonchev–Trinajstić information content (AvgIpc) is 2.78. The molecular weight excluding hydrogens is 508 g/mol. The second kappa shape index (κ2) is 12.8. The van der Waals surface area contributed by atoms with Crippen molar-refractivity contribution in [1.29, 1.82) is 0 Å². The summed E-state index contributed by atoms with van der Waals surface area (Å²) >= 11 is 5.77. The number of rotatable bonds is 8. The molecule has 0 heterocycles. The molecule has 9 heteroatoms. The van der Waals surface area contributed by atoms with Crippen molar-refractivity contribution in [3.05, 3.63) is 41.5 Å². The highest BCUT2D eigenvalue weighted by Crippen LogP contribution is 2.44. The number of amides is 3. The van der Waals surface area contributed by atoms with E-state index in [-0.39, 0.29) is 30.2 Å². The summed E-state index contributed by atoms with van der Waals surface area (Å²) in [5.74, 6) is 0.231. The number of carbonyl (C=O) groups excluding carboxylic acids is 4. The molecule has 1 aromatic rings. The molecule has 1 N–H and O–H groups in total. The predicted octanol–water partition coefficient (Wildman–Crippen LogP) is 6.44. The van der Waals surface area contributed by atoms with Crippen molar-refractivity contribution in [2.24, 2.45) is 0 Å². The fraction of sp³-hybridized carbons (Fsp3) is 0.586. The molecule has 3 amide bonds. The van der Waals surface area contributed by atoms with Crippen LogP contribution in [-0.2, 0) is 24.5 Å². The summed E-state index contributed by atoms with van der Waals surface area (Å²) in [5, 5.41) is 2.89. The molecule has 0 spiro atoms. The molecule has 210 valence electrons. The first-order chi connectivity index (χ1) is 17.6. The number of hydrogen-bond acceptors (Lipinski definition) is 6. The smallest absolute Gasteiger partial charge is 0.424 e. The van der Waals surface area contributed by atoms with Gasteiger partial charge in [-0.15, -0.1) is 11.6 Å². The first-order valence-corrected chi connectivity index (χ1v) is 13.6. The third kappa shape index (κ3) is 8.58. The quantitative estimate of drug-likeness (QED) is 0.296. The number of ketones is 1. The second-order valence-corrected chi connectivity index (χ2v) is 11.9. The van der Waals surface area contributed by atoms with E-state index in [1.807, 2.05) is 13.0 Å². The zero-order chi connectivity index (χ0) is 28.7. The highest BCUT2D eigenvalue weighted by Gasteiger charge is 2.42. The lowest BCUT2D eigenvalue weighted by Gasteiger charge is -2.38. The molecule has 1 aromatic carbocycles. The van der Waals surface area contributed by atoms with Gasteiger partial charge in [-0.2, -0.15) is 4.90 Å². The van der Waals surface area contributed by atoms with Gasteiger partial charge in [0, 0.05) is 30.7 Å². The molecule has 0 radical (unpaired) electrons. The zero-order valence-corrected chi connectivity index (χ0v) is 24.4. The number of para-hydroxylation sites is 1. The van der Waals surface area contributed by atoms with E-state index >= 15 is 0 Å². The Morgan fingerprint density at radius 1 is 1.03 bits per heavy atom. The summed E-state index contributed by atoms with van der Waals surface area (Å²) in [7, 11) is 0. The summed E-state index contributed by atoms with van der Waals surface area (Å²) in [6.07, 6.45) is 1.77. The van der Waals surface area contributed by atoms with Gasteiger partial charge >= 0.3 is 12.2 Å². The second-order valence-electron chi connectivity index (χ2n) is 11.5. The Balaban J connectivity index is 2.72. The highest BCUT2D eigenvalue weighted by molar-refractivity contribution is 6.17. The number of Topliss-reactive ketones (excluding diaryl/α,β-unsaturated/α-hetero) is 1. The summed E-state index contributed by atoms with van der Waals surface area (Å²) in [4.78, 5) is 53.5. The minimum Gasteiger partial charge on any atom is -0.443 e. The third-order valence-corrected chi connectivity index (χ3v) is 6.20. The van der Waals surface area contributed by atoms with Crippen LogP contribution < -0.4 is 10.2 Å². The molecular formula is C29H41ClN2O6. The predicted molar refractivity (Wildman–Crippen MR) is 149 cm³/mol. The van der Waals surface area contributed by atoms with Crippen molar-refractivity contribution in [2.75, 3.05) is 17.3 Å². The molecule has 0 aliphatic heterocycles. The Morgan fingerprint density at radius 2 is 1.61 bits per heavy atom. The van der Waals surface area contributed by atoms with Crippen LogP contribution in [0, 0.1) is 0 Å². The fourth-order valence-corrected chi connectivity index (χ4v) is 4.48. The number of halogens is 1. The number of ether oxygens (including phenoxy) is 2. The van der Waals surface area contributed by atoms with E-state index in [1.165, 1.54) is 0 Å². The highest BCUT2D eigenvalue weighted by atomic mass is 35.5. The molecule has 1 atom stereocenters. The lowest BCUT2D eigenvalue weighted by Crippen LogP contribution is -2.45. The molecule has 0 saturated carbocycles. The largest absolute Gasteiger partial charge is 0.443 e. The minimum absolute atomic E-state index is 0.0271. The standard InChI is InChI=1S/C29H41ClN2O6/c1-8-20-18-29(15-14-23(20)33,19-24(34)31-17-11-16-30)21-12-9-10-13-22(21)32(25(35)37-27(2,3)4)26(36)38-28(5,6)7/h9-10,12-13,18H,8,11,14-17,19H2,1-7H3,(H,31,34)/t29-/m1/s1. The number of anilines is 1. The van der Waals surface area contributed by atoms with Crippen LogP contribution in [0.15, 0.2) is 35.9 Å². The number of alkyl halides is 1. The number of carbonyl (C=O) groups is 4. The van der Waals surface area contributed by atoms with E-state index < -0.39 is 28.8 Å². The van der Waals surface area contributed by atoms with Crippen molar-refractivity contribution in [2.45, 2.75) is 97.2 Å². The Morgan fingerprint density at radius 3 is 2.13 bits per heavy atom. The van der Waals surface area contributed by atoms with E-state index in [1.54, 1.807) is 65.8 Å². The van der Waals surface area contributed by atoms with E-state index in [9.17, 15) is 19.2 Å². The van der Waals surface area contributed by atoms with Gasteiger partial charge in [-0.05, 0) is 78.0 Å². The van der Waals surface area contributed by atoms with Crippen LogP contribution in [0.25, 0.3) is 0 Å². The first kappa shape index (κ1) is 31.3. The molecule has 0 bridgehead atoms. The van der Waals surface area contributed by atoms with Gasteiger partial charge in [0.2, 0.25) is 5.91 Å². The van der Waals surface area contributed by atoms with Crippen molar-refractivity contribution in [1.82, 2.24) is 5.32 Å². The van der Waals surface area contributed by atoms with Gasteiger partial charge in [0.1, 0.15) is 11.2 Å². The minimum atomic E-state index is -0.941. The van der Waals surface area contributed by atoms with Crippen LogP contribution >= 0.6 is 11.6 Å². The molecule has 2 rings (SSSR count). The van der Waals surface area contributed by atoms with Gasteiger partial charge in [-0.1, -0.05) is 31.2 Å². The maximum atomic E-state index is 13.4. The Kier molecular flexibility index (Phi) is 10.5. The van der Waals surface area contributed by atoms with Crippen molar-refractivity contribution in [3.8, 4) is 0 Å². The molecule has 0 saturated heterocycles. The number of imide groups is 1. The van der Waals surface area contributed by atoms with Crippen LogP contribution in [-0.4, -0.2) is 47.5 Å². The summed E-state index contributed by atoms with van der Waals surface area (Å²) < 4.78 is 11.2. The molecule has 38 heavy (non-hydrogen) atoms. The number of benzene rings is 1. The third-order valence-electron chi connectivity index (χ3n) is 5.93. The Bertz CT molecular complexity index is 1040. The lowest BCUT2D eigenvalue weighted by molar-refractivity contribution is -0.123. The molecule has 1 aliphatic carbocycles. The molecule has 0 fully saturated rings. The monoisotopic (exact) mass is 548 g/mol. The van der Waals surface area contributed by atoms with Crippen LogP contribution in [0.5, 0.6) is 0 Å². The van der Waals surface area contributed by atoms with Gasteiger partial charge in [0.15, 0.2) is 5.78 Å². The zero-order valence-electron chi connectivity index (χ0n) is 23.6. The number of allylic oxidation sites excluding steroid dienone is 2. The van der Waals surface area contributed by atoms with Gasteiger partial charge in [0.05, 0.1) is 5.69 Å². The Labute approximate surface area is 231 Å². The molecule has 0 unspecified atom stereocenters. The van der Waals surface area contributed by atoms with Crippen LogP contribution in [0.2, 0.25) is 0 Å². The van der Waals surface area contributed by atoms with Crippen molar-refractivity contribution in [3.63, 3.8) is 0 Å². The van der Waals surface area contributed by atoms with E-state index in [4.69, 9.17) is 21.1 Å². The van der Waals surface area contributed by atoms with Gasteiger partial charge in [0.25, 0.3) is 0 Å². The number of nitrogens with one attached hydrogen (secondary N) is 1. The first-order valence-electron chi connectivity index (χ1n) is 13.1. The van der Waals surface area contributed by atoms with Crippen LogP contribution in [0.4, 0.5) is 15.3 Å². The summed E-state index contributed by atoms with van der Waals surface area (Å²) in [6, 6.07) is 6.90. The fourth-order valence-electron chi connectivity index (χ4n) is 4.35.